The molecule has 1 aromatic rings. The topological polar surface area (TPSA) is 105 Å². The summed E-state index contributed by atoms with van der Waals surface area (Å²) in [5, 5.41) is 0. The van der Waals surface area contributed by atoms with E-state index < -0.39 is 11.9 Å². The maximum absolute atomic E-state index is 11.4. The van der Waals surface area contributed by atoms with Crippen molar-refractivity contribution in [3.8, 4) is 11.5 Å². The van der Waals surface area contributed by atoms with E-state index in [0.717, 1.165) is 5.56 Å². The Morgan fingerprint density at radius 2 is 1.65 bits per heavy atom. The van der Waals surface area contributed by atoms with Crippen LogP contribution in [0.5, 0.6) is 11.5 Å². The van der Waals surface area contributed by atoms with Gasteiger partial charge >= 0.3 is 11.9 Å². The first-order valence-electron chi connectivity index (χ1n) is 5.81. The number of rotatable bonds is 5. The van der Waals surface area contributed by atoms with Crippen LogP contribution in [-0.2, 0) is 16.0 Å². The number of benzene rings is 1. The molecule has 20 heavy (non-hydrogen) atoms. The average molecular weight is 276 g/mol. The molecule has 0 bridgehead atoms. The molecule has 0 spiro atoms. The van der Waals surface area contributed by atoms with Crippen molar-refractivity contribution in [2.75, 3.05) is 0 Å². The molecule has 0 aliphatic rings. The number of carbonyl (C=O) groups excluding carboxylic acids is 2. The Morgan fingerprint density at radius 3 is 2.15 bits per heavy atom. The molecule has 6 heteroatoms. The van der Waals surface area contributed by atoms with E-state index in [4.69, 9.17) is 20.9 Å². The highest BCUT2D eigenvalue weighted by molar-refractivity contribution is 5.89. The maximum Gasteiger partial charge on any atom is 0.358 e. The van der Waals surface area contributed by atoms with Gasteiger partial charge in [0.15, 0.2) is 0 Å². The lowest BCUT2D eigenvalue weighted by atomic mass is 10.1. The number of esters is 2. The minimum absolute atomic E-state index is 0.184. The van der Waals surface area contributed by atoms with Crippen LogP contribution in [0.2, 0.25) is 0 Å². The molecule has 0 amide bonds. The molecule has 0 saturated heterocycles. The molecular weight excluding hydrogens is 260 g/mol. The third-order valence-electron chi connectivity index (χ3n) is 2.36. The van der Waals surface area contributed by atoms with Gasteiger partial charge in [-0.15, -0.1) is 0 Å². The third-order valence-corrected chi connectivity index (χ3v) is 2.36. The van der Waals surface area contributed by atoms with Gasteiger partial charge in [-0.2, -0.15) is 0 Å². The van der Waals surface area contributed by atoms with Crippen molar-refractivity contribution in [2.45, 2.75) is 13.3 Å². The molecule has 106 valence electrons. The van der Waals surface area contributed by atoms with Crippen LogP contribution < -0.4 is 20.9 Å². The Kier molecular flexibility index (Phi) is 4.91. The van der Waals surface area contributed by atoms with E-state index in [0.29, 0.717) is 6.42 Å². The van der Waals surface area contributed by atoms with Crippen LogP contribution in [0.25, 0.3) is 0 Å². The van der Waals surface area contributed by atoms with Crippen molar-refractivity contribution >= 4 is 11.9 Å². The largest absolute Gasteiger partial charge is 0.422 e. The van der Waals surface area contributed by atoms with Gasteiger partial charge in [0.25, 0.3) is 0 Å². The Bertz CT molecular complexity index is 579. The number of hydrogen-bond acceptors (Lipinski definition) is 6. The fourth-order valence-electron chi connectivity index (χ4n) is 1.32. The summed E-state index contributed by atoms with van der Waals surface area (Å²) in [4.78, 5) is 22.8. The molecule has 6 nitrogen and oxygen atoms in total. The molecule has 0 unspecified atom stereocenters. The highest BCUT2D eigenvalue weighted by Gasteiger charge is 2.13. The molecule has 0 aliphatic carbocycles. The zero-order chi connectivity index (χ0) is 15.3. The van der Waals surface area contributed by atoms with Crippen LogP contribution in [0.4, 0.5) is 0 Å². The standard InChI is InChI=1S/C14H16N2O4/c1-4-10-5-6-11(19-13(17)8(2)15)7-12(10)20-14(18)9(3)16/h5-7H,2-4,15-16H2,1H3. The van der Waals surface area contributed by atoms with E-state index in [1.54, 1.807) is 12.1 Å². The Labute approximate surface area is 116 Å². The maximum atomic E-state index is 11.4. The summed E-state index contributed by atoms with van der Waals surface area (Å²) in [6, 6.07) is 4.64. The van der Waals surface area contributed by atoms with Crippen molar-refractivity contribution in [3.05, 3.63) is 48.3 Å². The van der Waals surface area contributed by atoms with Crippen LogP contribution in [0.15, 0.2) is 42.8 Å². The van der Waals surface area contributed by atoms with Gasteiger partial charge in [0.1, 0.15) is 22.9 Å². The van der Waals surface area contributed by atoms with Crippen LogP contribution >= 0.6 is 0 Å². The van der Waals surface area contributed by atoms with Gasteiger partial charge in [-0.05, 0) is 18.1 Å². The predicted octanol–water partition coefficient (Wildman–Crippen LogP) is 1.00. The SMILES string of the molecule is C=C(N)C(=O)Oc1ccc(CC)c(OC(=O)C(=C)N)c1. The minimum Gasteiger partial charge on any atom is -0.422 e. The van der Waals surface area contributed by atoms with Crippen LogP contribution in [-0.4, -0.2) is 11.9 Å². The molecule has 0 heterocycles. The molecule has 1 aromatic carbocycles. The van der Waals surface area contributed by atoms with E-state index >= 15 is 0 Å². The third kappa shape index (κ3) is 3.88. The van der Waals surface area contributed by atoms with Gasteiger partial charge in [0.05, 0.1) is 0 Å². The summed E-state index contributed by atoms with van der Waals surface area (Å²) in [5.74, 6) is -1.09. The second kappa shape index (κ2) is 6.42. The Hall–Kier alpha value is -2.76. The second-order valence-corrected chi connectivity index (χ2v) is 3.95. The molecule has 0 fully saturated rings. The van der Waals surface area contributed by atoms with Crippen molar-refractivity contribution in [3.63, 3.8) is 0 Å². The lowest BCUT2D eigenvalue weighted by molar-refractivity contribution is -0.130. The number of nitrogens with two attached hydrogens (primary N) is 2. The van der Waals surface area contributed by atoms with Crippen LogP contribution in [0.3, 0.4) is 0 Å². The van der Waals surface area contributed by atoms with Gasteiger partial charge in [0, 0.05) is 6.07 Å². The van der Waals surface area contributed by atoms with Gasteiger partial charge < -0.3 is 20.9 Å². The molecule has 0 aromatic heterocycles. The van der Waals surface area contributed by atoms with Crippen LogP contribution in [0.1, 0.15) is 12.5 Å². The Morgan fingerprint density at radius 1 is 1.10 bits per heavy atom. The first kappa shape index (κ1) is 15.3. The summed E-state index contributed by atoms with van der Waals surface area (Å²) in [6.45, 7) is 8.45. The molecule has 0 saturated carbocycles. The quantitative estimate of drug-likeness (QED) is 0.472. The number of hydrogen-bond donors (Lipinski definition) is 2. The van der Waals surface area contributed by atoms with E-state index in [9.17, 15) is 9.59 Å². The zero-order valence-electron chi connectivity index (χ0n) is 11.1. The predicted molar refractivity (Wildman–Crippen MR) is 73.7 cm³/mol. The van der Waals surface area contributed by atoms with Crippen molar-refractivity contribution in [1.29, 1.82) is 0 Å². The summed E-state index contributed by atoms with van der Waals surface area (Å²) in [7, 11) is 0. The summed E-state index contributed by atoms with van der Waals surface area (Å²) in [6.07, 6.45) is 0.623. The van der Waals surface area contributed by atoms with Gasteiger partial charge in [0.2, 0.25) is 0 Å². The first-order chi connectivity index (χ1) is 9.35. The number of aryl methyl sites for hydroxylation is 1. The molecular formula is C14H16N2O4. The van der Waals surface area contributed by atoms with Crippen LogP contribution in [0, 0.1) is 0 Å². The average Bonchev–Trinajstić information content (AvgIpc) is 2.38. The smallest absolute Gasteiger partial charge is 0.358 e. The van der Waals surface area contributed by atoms with Gasteiger partial charge in [-0.1, -0.05) is 26.1 Å². The van der Waals surface area contributed by atoms with E-state index in [2.05, 4.69) is 13.2 Å². The monoisotopic (exact) mass is 276 g/mol. The van der Waals surface area contributed by atoms with Crippen molar-refractivity contribution < 1.29 is 19.1 Å². The lowest BCUT2D eigenvalue weighted by Gasteiger charge is -2.11. The molecule has 0 radical (unpaired) electrons. The summed E-state index contributed by atoms with van der Waals surface area (Å²) in [5.41, 5.74) is 10.8. The molecule has 0 aliphatic heterocycles. The normalized spacial score (nSPS) is 9.65. The fraction of sp³-hybridized carbons (Fsp3) is 0.143. The highest BCUT2D eigenvalue weighted by atomic mass is 16.5. The summed E-state index contributed by atoms with van der Waals surface area (Å²) >= 11 is 0. The minimum atomic E-state index is -0.769. The molecule has 0 atom stereocenters. The summed E-state index contributed by atoms with van der Waals surface area (Å²) < 4.78 is 10.0. The van der Waals surface area contributed by atoms with E-state index in [1.807, 2.05) is 6.92 Å². The van der Waals surface area contributed by atoms with E-state index in [1.165, 1.54) is 6.07 Å². The fourth-order valence-corrected chi connectivity index (χ4v) is 1.32. The first-order valence-corrected chi connectivity index (χ1v) is 5.81. The number of carbonyl (C=O) groups is 2. The molecule has 4 N–H and O–H groups in total. The highest BCUT2D eigenvalue weighted by Crippen LogP contribution is 2.26. The second-order valence-electron chi connectivity index (χ2n) is 3.95. The zero-order valence-corrected chi connectivity index (χ0v) is 11.1. The van der Waals surface area contributed by atoms with E-state index in [-0.39, 0.29) is 22.9 Å². The van der Waals surface area contributed by atoms with Crippen molar-refractivity contribution in [1.82, 2.24) is 0 Å². The van der Waals surface area contributed by atoms with Gasteiger partial charge in [-0.3, -0.25) is 0 Å². The van der Waals surface area contributed by atoms with Gasteiger partial charge in [-0.25, -0.2) is 9.59 Å². The lowest BCUT2D eigenvalue weighted by Crippen LogP contribution is -2.18. The Balaban J connectivity index is 3.02. The van der Waals surface area contributed by atoms with Crippen molar-refractivity contribution in [2.24, 2.45) is 11.5 Å². The molecule has 1 rings (SSSR count). The number of ether oxygens (including phenoxy) is 2.